The summed E-state index contributed by atoms with van der Waals surface area (Å²) in [5, 5.41) is 10.2. The number of H-pyrrole nitrogens is 1. The Morgan fingerprint density at radius 2 is 1.61 bits per heavy atom. The molecule has 0 fully saturated rings. The second-order valence-corrected chi connectivity index (χ2v) is 6.05. The Labute approximate surface area is 136 Å². The topological polar surface area (TPSA) is 66.7 Å². The number of benzene rings is 2. The van der Waals surface area contributed by atoms with Gasteiger partial charge in [0.25, 0.3) is 0 Å². The number of nitrogens with one attached hydrogen (secondary N) is 2. The molecule has 0 aliphatic carbocycles. The molecule has 1 atom stereocenters. The smallest absolute Gasteiger partial charge is 0.0565 e. The molecule has 23 heavy (non-hydrogen) atoms. The monoisotopic (exact) mass is 306 g/mol. The van der Waals surface area contributed by atoms with Crippen LogP contribution in [0.5, 0.6) is 0 Å². The molecule has 3 rings (SSSR count). The minimum Gasteiger partial charge on any atom is -0.399 e. The van der Waals surface area contributed by atoms with Crippen LogP contribution in [0.15, 0.2) is 60.9 Å². The standard InChI is InChI=1S/C19H22N4/c1-19(13-21-2,17-7-9-18(20)10-8-17)16-5-3-14(4-6-16)15-11-22-23-12-15/h3-12,21H,13,20H2,1-2H3,(H,22,23). The van der Waals surface area contributed by atoms with E-state index in [-0.39, 0.29) is 5.41 Å². The van der Waals surface area contributed by atoms with E-state index in [4.69, 9.17) is 5.73 Å². The van der Waals surface area contributed by atoms with Gasteiger partial charge in [0.05, 0.1) is 6.20 Å². The molecule has 0 radical (unpaired) electrons. The molecule has 118 valence electrons. The lowest BCUT2D eigenvalue weighted by Gasteiger charge is -2.31. The van der Waals surface area contributed by atoms with Crippen molar-refractivity contribution in [1.82, 2.24) is 15.5 Å². The molecule has 3 aromatic rings. The van der Waals surface area contributed by atoms with Crippen molar-refractivity contribution in [3.63, 3.8) is 0 Å². The maximum absolute atomic E-state index is 5.83. The summed E-state index contributed by atoms with van der Waals surface area (Å²) in [5.41, 5.74) is 11.3. The van der Waals surface area contributed by atoms with E-state index in [9.17, 15) is 0 Å². The zero-order chi connectivity index (χ0) is 16.3. The summed E-state index contributed by atoms with van der Waals surface area (Å²) in [4.78, 5) is 0. The highest BCUT2D eigenvalue weighted by Gasteiger charge is 2.28. The Balaban J connectivity index is 1.99. The van der Waals surface area contributed by atoms with Gasteiger partial charge in [-0.3, -0.25) is 5.10 Å². The Kier molecular flexibility index (Phi) is 4.17. The van der Waals surface area contributed by atoms with Gasteiger partial charge in [-0.2, -0.15) is 5.10 Å². The van der Waals surface area contributed by atoms with Crippen LogP contribution < -0.4 is 11.1 Å². The highest BCUT2D eigenvalue weighted by Crippen LogP contribution is 2.33. The number of likely N-dealkylation sites (N-methyl/N-ethyl adjacent to an activating group) is 1. The molecule has 0 amide bonds. The third-order valence-electron chi connectivity index (χ3n) is 4.43. The van der Waals surface area contributed by atoms with Crippen LogP contribution in [0.3, 0.4) is 0 Å². The van der Waals surface area contributed by atoms with Crippen molar-refractivity contribution in [3.8, 4) is 11.1 Å². The van der Waals surface area contributed by atoms with Crippen LogP contribution in [0.25, 0.3) is 11.1 Å². The van der Waals surface area contributed by atoms with Crippen molar-refractivity contribution in [1.29, 1.82) is 0 Å². The maximum Gasteiger partial charge on any atom is 0.0565 e. The lowest BCUT2D eigenvalue weighted by atomic mass is 9.76. The Morgan fingerprint density at radius 3 is 2.13 bits per heavy atom. The molecule has 0 saturated heterocycles. The average molecular weight is 306 g/mol. The van der Waals surface area contributed by atoms with Crippen molar-refractivity contribution >= 4 is 5.69 Å². The van der Waals surface area contributed by atoms with Gasteiger partial charge in [0.2, 0.25) is 0 Å². The fraction of sp³-hybridized carbons (Fsp3) is 0.211. The summed E-state index contributed by atoms with van der Waals surface area (Å²) in [6, 6.07) is 16.8. The summed E-state index contributed by atoms with van der Waals surface area (Å²) in [6.45, 7) is 3.10. The zero-order valence-corrected chi connectivity index (χ0v) is 13.5. The average Bonchev–Trinajstić information content (AvgIpc) is 3.10. The highest BCUT2D eigenvalue weighted by atomic mass is 15.1. The lowest BCUT2D eigenvalue weighted by molar-refractivity contribution is 0.532. The molecular weight excluding hydrogens is 284 g/mol. The van der Waals surface area contributed by atoms with Gasteiger partial charge < -0.3 is 11.1 Å². The summed E-state index contributed by atoms with van der Waals surface area (Å²) in [7, 11) is 1.98. The summed E-state index contributed by atoms with van der Waals surface area (Å²) >= 11 is 0. The van der Waals surface area contributed by atoms with Gasteiger partial charge in [-0.05, 0) is 35.9 Å². The van der Waals surface area contributed by atoms with Crippen LogP contribution in [-0.4, -0.2) is 23.8 Å². The Morgan fingerprint density at radius 1 is 1.00 bits per heavy atom. The maximum atomic E-state index is 5.83. The third-order valence-corrected chi connectivity index (χ3v) is 4.43. The number of nitrogen functional groups attached to an aromatic ring is 1. The van der Waals surface area contributed by atoms with E-state index in [1.807, 2.05) is 31.6 Å². The SMILES string of the molecule is CNCC(C)(c1ccc(N)cc1)c1ccc(-c2cn[nH]c2)cc1. The van der Waals surface area contributed by atoms with Crippen LogP contribution >= 0.6 is 0 Å². The van der Waals surface area contributed by atoms with Crippen LogP contribution in [-0.2, 0) is 5.41 Å². The zero-order valence-electron chi connectivity index (χ0n) is 13.5. The van der Waals surface area contributed by atoms with Gasteiger partial charge >= 0.3 is 0 Å². The Hall–Kier alpha value is -2.59. The molecular formula is C19H22N4. The number of nitrogens with zero attached hydrogens (tertiary/aromatic N) is 1. The first kappa shape index (κ1) is 15.3. The molecule has 4 nitrogen and oxygen atoms in total. The molecule has 0 aliphatic rings. The molecule has 1 heterocycles. The number of nitrogens with two attached hydrogens (primary N) is 1. The van der Waals surface area contributed by atoms with Crippen LogP contribution in [0.2, 0.25) is 0 Å². The molecule has 0 bridgehead atoms. The van der Waals surface area contributed by atoms with E-state index in [2.05, 4.69) is 58.8 Å². The minimum absolute atomic E-state index is 0.114. The van der Waals surface area contributed by atoms with E-state index < -0.39 is 0 Å². The predicted octanol–water partition coefficient (Wildman–Crippen LogP) is 3.18. The van der Waals surface area contributed by atoms with Crippen molar-refractivity contribution in [2.24, 2.45) is 0 Å². The van der Waals surface area contributed by atoms with Crippen LogP contribution in [0.1, 0.15) is 18.1 Å². The van der Waals surface area contributed by atoms with Gasteiger partial charge in [-0.25, -0.2) is 0 Å². The largest absolute Gasteiger partial charge is 0.399 e. The molecule has 1 aromatic heterocycles. The number of aromatic nitrogens is 2. The number of aromatic amines is 1. The van der Waals surface area contributed by atoms with E-state index >= 15 is 0 Å². The highest BCUT2D eigenvalue weighted by molar-refractivity contribution is 5.62. The minimum atomic E-state index is -0.114. The van der Waals surface area contributed by atoms with E-state index in [1.165, 1.54) is 11.1 Å². The number of hydrogen-bond acceptors (Lipinski definition) is 3. The quantitative estimate of drug-likeness (QED) is 0.634. The summed E-state index contributed by atoms with van der Waals surface area (Å²) in [5.74, 6) is 0. The molecule has 4 heteroatoms. The number of anilines is 1. The van der Waals surface area contributed by atoms with Crippen LogP contribution in [0.4, 0.5) is 5.69 Å². The predicted molar refractivity (Wildman–Crippen MR) is 95.3 cm³/mol. The fourth-order valence-electron chi connectivity index (χ4n) is 3.01. The molecule has 0 spiro atoms. The molecule has 4 N–H and O–H groups in total. The molecule has 0 saturated carbocycles. The summed E-state index contributed by atoms with van der Waals surface area (Å²) in [6.07, 6.45) is 3.74. The van der Waals surface area contributed by atoms with Crippen molar-refractivity contribution in [2.75, 3.05) is 19.3 Å². The lowest BCUT2D eigenvalue weighted by Crippen LogP contribution is -2.35. The third kappa shape index (κ3) is 2.98. The van der Waals surface area contributed by atoms with Crippen molar-refractivity contribution in [2.45, 2.75) is 12.3 Å². The van der Waals surface area contributed by atoms with E-state index in [1.54, 1.807) is 0 Å². The fourth-order valence-corrected chi connectivity index (χ4v) is 3.01. The van der Waals surface area contributed by atoms with Gasteiger partial charge in [-0.15, -0.1) is 0 Å². The first-order valence-corrected chi connectivity index (χ1v) is 7.74. The molecule has 1 unspecified atom stereocenters. The van der Waals surface area contributed by atoms with Crippen molar-refractivity contribution in [3.05, 3.63) is 72.1 Å². The first-order valence-electron chi connectivity index (χ1n) is 7.74. The number of rotatable bonds is 5. The first-order chi connectivity index (χ1) is 11.1. The second-order valence-electron chi connectivity index (χ2n) is 6.05. The number of hydrogen-bond donors (Lipinski definition) is 3. The van der Waals surface area contributed by atoms with E-state index in [0.29, 0.717) is 0 Å². The Bertz CT molecular complexity index is 745. The summed E-state index contributed by atoms with van der Waals surface area (Å²) < 4.78 is 0. The van der Waals surface area contributed by atoms with Gasteiger partial charge in [-0.1, -0.05) is 43.3 Å². The van der Waals surface area contributed by atoms with Gasteiger partial charge in [0.15, 0.2) is 0 Å². The van der Waals surface area contributed by atoms with Gasteiger partial charge in [0.1, 0.15) is 0 Å². The normalized spacial score (nSPS) is 13.7. The van der Waals surface area contributed by atoms with Gasteiger partial charge in [0, 0.05) is 29.4 Å². The molecule has 0 aliphatic heterocycles. The van der Waals surface area contributed by atoms with Crippen molar-refractivity contribution < 1.29 is 0 Å². The van der Waals surface area contributed by atoms with E-state index in [0.717, 1.165) is 23.4 Å². The molecule has 2 aromatic carbocycles. The van der Waals surface area contributed by atoms with Crippen LogP contribution in [0, 0.1) is 0 Å². The second kappa shape index (κ2) is 6.26.